The maximum absolute atomic E-state index is 13.8. The highest BCUT2D eigenvalue weighted by molar-refractivity contribution is 9.11. The van der Waals surface area contributed by atoms with Crippen LogP contribution in [0.3, 0.4) is 0 Å². The number of sulfonamides is 1. The van der Waals surface area contributed by atoms with Crippen molar-refractivity contribution < 1.29 is 17.2 Å². The van der Waals surface area contributed by atoms with Crippen molar-refractivity contribution in [3.63, 3.8) is 0 Å². The lowest BCUT2D eigenvalue weighted by Crippen LogP contribution is -2.37. The van der Waals surface area contributed by atoms with Crippen molar-refractivity contribution in [3.05, 3.63) is 56.5 Å². The Labute approximate surface area is 173 Å². The summed E-state index contributed by atoms with van der Waals surface area (Å²) in [4.78, 5) is 1.38. The van der Waals surface area contributed by atoms with Crippen molar-refractivity contribution in [3.8, 4) is 0 Å². The van der Waals surface area contributed by atoms with Gasteiger partial charge >= 0.3 is 0 Å². The molecule has 0 saturated carbocycles. The molecule has 1 fully saturated rings. The number of anilines is 1. The van der Waals surface area contributed by atoms with E-state index in [1.54, 1.807) is 0 Å². The van der Waals surface area contributed by atoms with Gasteiger partial charge in [-0.2, -0.15) is 0 Å². The van der Waals surface area contributed by atoms with Gasteiger partial charge in [0.05, 0.1) is 5.69 Å². The van der Waals surface area contributed by atoms with Crippen LogP contribution in [-0.4, -0.2) is 32.4 Å². The summed E-state index contributed by atoms with van der Waals surface area (Å²) >= 11 is 6.83. The van der Waals surface area contributed by atoms with E-state index in [9.17, 15) is 17.2 Å². The van der Waals surface area contributed by atoms with E-state index < -0.39 is 32.6 Å². The molecule has 1 aliphatic rings. The Bertz CT molecular complexity index is 973. The summed E-state index contributed by atoms with van der Waals surface area (Å²) in [6, 6.07) is 5.75. The lowest BCUT2D eigenvalue weighted by Gasteiger charge is -2.19. The summed E-state index contributed by atoms with van der Waals surface area (Å²) in [5.74, 6) is -1.79. The average Bonchev–Trinajstić information content (AvgIpc) is 3.00. The first-order valence-corrected chi connectivity index (χ1v) is 11.2. The van der Waals surface area contributed by atoms with Gasteiger partial charge in [0.15, 0.2) is 0 Å². The highest BCUT2D eigenvalue weighted by atomic mass is 79.9. The number of nitrogens with one attached hydrogen (secondary N) is 1. The number of likely N-dealkylation sites (tertiary alicyclic amines) is 1. The Morgan fingerprint density at radius 1 is 1.22 bits per heavy atom. The van der Waals surface area contributed by atoms with Gasteiger partial charge < -0.3 is 5.73 Å². The number of rotatable bonds is 5. The van der Waals surface area contributed by atoms with Gasteiger partial charge in [-0.1, -0.05) is 15.9 Å². The van der Waals surface area contributed by atoms with Crippen LogP contribution in [-0.2, 0) is 16.6 Å². The lowest BCUT2D eigenvalue weighted by molar-refractivity contribution is 0.325. The van der Waals surface area contributed by atoms with E-state index >= 15 is 0 Å². The highest BCUT2D eigenvalue weighted by Crippen LogP contribution is 2.30. The molecular formula is C17H17Br2F2N3O2S. The van der Waals surface area contributed by atoms with Crippen LogP contribution in [0, 0.1) is 11.6 Å². The van der Waals surface area contributed by atoms with Crippen LogP contribution in [0.1, 0.15) is 12.0 Å². The smallest absolute Gasteiger partial charge is 0.243 e. The van der Waals surface area contributed by atoms with Gasteiger partial charge in [-0.25, -0.2) is 21.9 Å². The summed E-state index contributed by atoms with van der Waals surface area (Å²) in [5, 5.41) is 0. The van der Waals surface area contributed by atoms with E-state index in [4.69, 9.17) is 5.73 Å². The molecule has 1 aliphatic heterocycles. The highest BCUT2D eigenvalue weighted by Gasteiger charge is 2.29. The molecule has 2 aromatic carbocycles. The number of nitrogen functional groups attached to an aromatic ring is 1. The molecule has 3 N–H and O–H groups in total. The van der Waals surface area contributed by atoms with Crippen molar-refractivity contribution in [1.29, 1.82) is 0 Å². The fraction of sp³-hybridized carbons (Fsp3) is 0.294. The molecule has 3 rings (SSSR count). The monoisotopic (exact) mass is 523 g/mol. The molecule has 0 bridgehead atoms. The second-order valence-electron chi connectivity index (χ2n) is 6.38. The van der Waals surface area contributed by atoms with Gasteiger partial charge in [-0.15, -0.1) is 0 Å². The number of nitrogens with zero attached hydrogens (tertiary/aromatic N) is 1. The molecule has 0 unspecified atom stereocenters. The fourth-order valence-corrected chi connectivity index (χ4v) is 5.71. The molecule has 0 aromatic heterocycles. The van der Waals surface area contributed by atoms with Crippen LogP contribution in [0.25, 0.3) is 0 Å². The molecule has 0 aliphatic carbocycles. The van der Waals surface area contributed by atoms with Crippen molar-refractivity contribution in [2.24, 2.45) is 0 Å². The third-order valence-corrected chi connectivity index (χ3v) is 7.00. The van der Waals surface area contributed by atoms with Crippen molar-refractivity contribution in [1.82, 2.24) is 9.62 Å². The first-order chi connectivity index (χ1) is 12.7. The summed E-state index contributed by atoms with van der Waals surface area (Å²) in [6.07, 6.45) is 0.561. The van der Waals surface area contributed by atoms with Gasteiger partial charge in [-0.05, 0) is 58.2 Å². The predicted molar refractivity (Wildman–Crippen MR) is 107 cm³/mol. The Kier molecular flexibility index (Phi) is 6.21. The molecular weight excluding hydrogens is 508 g/mol. The van der Waals surface area contributed by atoms with Crippen LogP contribution in [0.4, 0.5) is 14.5 Å². The quantitative estimate of drug-likeness (QED) is 0.586. The molecule has 1 saturated heterocycles. The number of nitrogens with two attached hydrogens (primary N) is 1. The maximum Gasteiger partial charge on any atom is 0.243 e. The van der Waals surface area contributed by atoms with E-state index in [2.05, 4.69) is 41.5 Å². The zero-order valence-electron chi connectivity index (χ0n) is 14.1. The zero-order valence-corrected chi connectivity index (χ0v) is 18.0. The van der Waals surface area contributed by atoms with Crippen LogP contribution in [0.5, 0.6) is 0 Å². The summed E-state index contributed by atoms with van der Waals surface area (Å²) in [6.45, 7) is 1.65. The van der Waals surface area contributed by atoms with Gasteiger partial charge in [0.25, 0.3) is 0 Å². The summed E-state index contributed by atoms with van der Waals surface area (Å²) in [7, 11) is -4.15. The fourth-order valence-electron chi connectivity index (χ4n) is 3.05. The molecule has 1 heterocycles. The zero-order chi connectivity index (χ0) is 19.8. The molecule has 0 radical (unpaired) electrons. The van der Waals surface area contributed by atoms with E-state index in [1.807, 2.05) is 12.1 Å². The number of halogens is 4. The van der Waals surface area contributed by atoms with Gasteiger partial charge in [0.1, 0.15) is 16.5 Å². The van der Waals surface area contributed by atoms with Crippen LogP contribution in [0.2, 0.25) is 0 Å². The molecule has 1 atom stereocenters. The van der Waals surface area contributed by atoms with Crippen LogP contribution in [0.15, 0.2) is 44.2 Å². The minimum absolute atomic E-state index is 0.394. The van der Waals surface area contributed by atoms with Crippen LogP contribution >= 0.6 is 31.9 Å². The number of hydrogen-bond acceptors (Lipinski definition) is 4. The molecule has 2 aromatic rings. The minimum Gasteiger partial charge on any atom is -0.398 e. The van der Waals surface area contributed by atoms with E-state index in [-0.39, 0.29) is 0 Å². The molecule has 0 spiro atoms. The van der Waals surface area contributed by atoms with Crippen molar-refractivity contribution in [2.75, 3.05) is 18.8 Å². The molecule has 146 valence electrons. The van der Waals surface area contributed by atoms with E-state index in [1.165, 1.54) is 0 Å². The first-order valence-electron chi connectivity index (χ1n) is 8.09. The predicted octanol–water partition coefficient (Wildman–Crippen LogP) is 3.62. The third-order valence-electron chi connectivity index (χ3n) is 4.35. The largest absolute Gasteiger partial charge is 0.398 e. The SMILES string of the molecule is Nc1c(Br)cc(Br)cc1CN1CC[C@@H](NS(=O)(=O)c2cc(F)ccc2F)C1. The molecule has 27 heavy (non-hydrogen) atoms. The minimum atomic E-state index is -4.15. The Morgan fingerprint density at radius 2 is 1.96 bits per heavy atom. The standard InChI is InChI=1S/C17H17Br2F2N3O2S/c18-11-5-10(17(22)14(19)6-11)8-24-4-3-13(9-24)23-27(25,26)16-7-12(20)1-2-15(16)21/h1-2,5-7,13,23H,3-4,8-9,22H2/t13-/m1/s1. The van der Waals surface area contributed by atoms with Gasteiger partial charge in [0.2, 0.25) is 10.0 Å². The van der Waals surface area contributed by atoms with Crippen molar-refractivity contribution in [2.45, 2.75) is 23.9 Å². The van der Waals surface area contributed by atoms with Gasteiger partial charge in [0, 0.05) is 34.6 Å². The number of hydrogen-bond donors (Lipinski definition) is 2. The van der Waals surface area contributed by atoms with Crippen LogP contribution < -0.4 is 10.5 Å². The van der Waals surface area contributed by atoms with Gasteiger partial charge in [-0.3, -0.25) is 4.90 Å². The molecule has 0 amide bonds. The molecule has 10 heteroatoms. The first kappa shape index (κ1) is 20.7. The lowest BCUT2D eigenvalue weighted by atomic mass is 10.2. The normalized spacial score (nSPS) is 18.1. The second-order valence-corrected chi connectivity index (χ2v) is 9.83. The maximum atomic E-state index is 13.8. The second kappa shape index (κ2) is 8.12. The third kappa shape index (κ3) is 4.86. The average molecular weight is 525 g/mol. The summed E-state index contributed by atoms with van der Waals surface area (Å²) < 4.78 is 56.1. The number of benzene rings is 2. The Hall–Kier alpha value is -1.07. The summed E-state index contributed by atoms with van der Waals surface area (Å²) in [5.41, 5.74) is 7.63. The molecule has 5 nitrogen and oxygen atoms in total. The Morgan fingerprint density at radius 3 is 2.70 bits per heavy atom. The Balaban J connectivity index is 1.69. The topological polar surface area (TPSA) is 75.4 Å². The van der Waals surface area contributed by atoms with E-state index in [0.717, 1.165) is 26.6 Å². The van der Waals surface area contributed by atoms with E-state index in [0.29, 0.717) is 37.8 Å². The van der Waals surface area contributed by atoms with Crippen molar-refractivity contribution >= 4 is 47.6 Å².